The minimum atomic E-state index is -1.01. The van der Waals surface area contributed by atoms with Gasteiger partial charge in [-0.05, 0) is 16.7 Å². The second-order valence-electron chi connectivity index (χ2n) is 4.38. The monoisotopic (exact) mass is 264 g/mol. The van der Waals surface area contributed by atoms with Gasteiger partial charge in [-0.15, -0.1) is 0 Å². The van der Waals surface area contributed by atoms with Crippen molar-refractivity contribution in [1.29, 1.82) is 0 Å². The third-order valence-electron chi connectivity index (χ3n) is 3.16. The Kier molecular flexibility index (Phi) is 3.05. The van der Waals surface area contributed by atoms with Gasteiger partial charge < -0.3 is 5.11 Å². The molecule has 0 bridgehead atoms. The summed E-state index contributed by atoms with van der Waals surface area (Å²) in [5.41, 5.74) is 3.58. The lowest BCUT2D eigenvalue weighted by Gasteiger charge is -2.09. The number of benzene rings is 2. The van der Waals surface area contributed by atoms with Gasteiger partial charge in [-0.2, -0.15) is 5.10 Å². The molecule has 1 aromatic heterocycles. The molecule has 0 saturated heterocycles. The van der Waals surface area contributed by atoms with Gasteiger partial charge in [0.25, 0.3) is 0 Å². The molecular formula is C16H12N2O2. The quantitative estimate of drug-likeness (QED) is 0.761. The average molecular weight is 264 g/mol. The molecule has 0 unspecified atom stereocenters. The highest BCUT2D eigenvalue weighted by molar-refractivity contribution is 5.96. The largest absolute Gasteiger partial charge is 0.477 e. The number of carboxylic acids is 1. The van der Waals surface area contributed by atoms with Crippen LogP contribution in [0.2, 0.25) is 0 Å². The molecule has 0 atom stereocenters. The Balaban J connectivity index is 2.21. The lowest BCUT2D eigenvalue weighted by atomic mass is 9.95. The van der Waals surface area contributed by atoms with Crippen molar-refractivity contribution in [3.8, 4) is 22.3 Å². The molecule has 0 amide bonds. The Labute approximate surface area is 115 Å². The van der Waals surface area contributed by atoms with E-state index in [9.17, 15) is 9.90 Å². The van der Waals surface area contributed by atoms with Crippen LogP contribution in [0.4, 0.5) is 0 Å². The first-order chi connectivity index (χ1) is 9.77. The van der Waals surface area contributed by atoms with Gasteiger partial charge in [0.05, 0.1) is 6.20 Å². The molecule has 1 heterocycles. The van der Waals surface area contributed by atoms with E-state index in [1.807, 2.05) is 54.6 Å². The smallest absolute Gasteiger partial charge is 0.354 e. The average Bonchev–Trinajstić information content (AvgIpc) is 2.98. The predicted octanol–water partition coefficient (Wildman–Crippen LogP) is 3.44. The number of hydrogen-bond donors (Lipinski definition) is 2. The topological polar surface area (TPSA) is 66.0 Å². The Hall–Kier alpha value is -2.88. The lowest BCUT2D eigenvalue weighted by molar-refractivity contribution is 0.0691. The highest BCUT2D eigenvalue weighted by Crippen LogP contribution is 2.32. The molecule has 0 aliphatic heterocycles. The molecule has 0 fully saturated rings. The van der Waals surface area contributed by atoms with Crippen LogP contribution in [0.1, 0.15) is 10.5 Å². The number of aromatic carboxylic acids is 1. The van der Waals surface area contributed by atoms with Crippen molar-refractivity contribution >= 4 is 5.97 Å². The molecule has 4 nitrogen and oxygen atoms in total. The number of carboxylic acid groups (broad SMARTS) is 1. The Morgan fingerprint density at radius 3 is 2.25 bits per heavy atom. The summed E-state index contributed by atoms with van der Waals surface area (Å²) in [5, 5.41) is 15.6. The van der Waals surface area contributed by atoms with Crippen molar-refractivity contribution in [2.24, 2.45) is 0 Å². The predicted molar refractivity (Wildman–Crippen MR) is 76.4 cm³/mol. The van der Waals surface area contributed by atoms with Gasteiger partial charge in [-0.25, -0.2) is 4.79 Å². The van der Waals surface area contributed by atoms with E-state index in [1.165, 1.54) is 0 Å². The summed E-state index contributed by atoms with van der Waals surface area (Å²) >= 11 is 0. The van der Waals surface area contributed by atoms with E-state index in [4.69, 9.17) is 0 Å². The molecule has 3 rings (SSSR count). The van der Waals surface area contributed by atoms with Crippen molar-refractivity contribution in [3.63, 3.8) is 0 Å². The number of rotatable bonds is 3. The first kappa shape index (κ1) is 12.2. The van der Waals surface area contributed by atoms with Crippen molar-refractivity contribution in [2.45, 2.75) is 0 Å². The molecule has 0 spiro atoms. The van der Waals surface area contributed by atoms with E-state index in [0.717, 1.165) is 16.7 Å². The second kappa shape index (κ2) is 5.01. The number of aromatic nitrogens is 2. The number of hydrogen-bond acceptors (Lipinski definition) is 2. The van der Waals surface area contributed by atoms with Crippen LogP contribution in [0.3, 0.4) is 0 Å². The van der Waals surface area contributed by atoms with Crippen LogP contribution in [-0.4, -0.2) is 21.3 Å². The molecule has 2 N–H and O–H groups in total. The van der Waals surface area contributed by atoms with Crippen LogP contribution in [0.25, 0.3) is 22.3 Å². The zero-order valence-electron chi connectivity index (χ0n) is 10.6. The third-order valence-corrected chi connectivity index (χ3v) is 3.16. The number of nitrogens with zero attached hydrogens (tertiary/aromatic N) is 1. The summed E-state index contributed by atoms with van der Waals surface area (Å²) in [5.74, 6) is -1.01. The Morgan fingerprint density at radius 1 is 0.900 bits per heavy atom. The van der Waals surface area contributed by atoms with Crippen LogP contribution in [-0.2, 0) is 0 Å². The van der Waals surface area contributed by atoms with Gasteiger partial charge in [0.1, 0.15) is 0 Å². The summed E-state index contributed by atoms with van der Waals surface area (Å²) in [7, 11) is 0. The maximum Gasteiger partial charge on any atom is 0.354 e. The molecule has 20 heavy (non-hydrogen) atoms. The van der Waals surface area contributed by atoms with Crippen molar-refractivity contribution in [1.82, 2.24) is 10.2 Å². The molecule has 0 saturated carbocycles. The Morgan fingerprint density at radius 2 is 1.55 bits per heavy atom. The first-order valence-corrected chi connectivity index (χ1v) is 6.19. The Bertz CT molecular complexity index is 748. The molecule has 0 aliphatic rings. The molecule has 0 radical (unpaired) electrons. The molecule has 2 aromatic carbocycles. The van der Waals surface area contributed by atoms with Crippen molar-refractivity contribution in [2.75, 3.05) is 0 Å². The van der Waals surface area contributed by atoms with Gasteiger partial charge in [0.15, 0.2) is 5.69 Å². The van der Waals surface area contributed by atoms with Gasteiger partial charge >= 0.3 is 5.97 Å². The van der Waals surface area contributed by atoms with Gasteiger partial charge in [0.2, 0.25) is 0 Å². The summed E-state index contributed by atoms with van der Waals surface area (Å²) in [6.07, 6.45) is 1.55. The normalized spacial score (nSPS) is 10.4. The summed E-state index contributed by atoms with van der Waals surface area (Å²) in [6, 6.07) is 17.6. The fourth-order valence-corrected chi connectivity index (χ4v) is 2.24. The van der Waals surface area contributed by atoms with Gasteiger partial charge in [-0.1, -0.05) is 54.6 Å². The van der Waals surface area contributed by atoms with E-state index in [-0.39, 0.29) is 5.69 Å². The summed E-state index contributed by atoms with van der Waals surface area (Å²) in [6.45, 7) is 0. The fourth-order valence-electron chi connectivity index (χ4n) is 2.24. The number of H-pyrrole nitrogens is 1. The van der Waals surface area contributed by atoms with Crippen LogP contribution in [0.15, 0.2) is 60.8 Å². The third kappa shape index (κ3) is 2.07. The maximum absolute atomic E-state index is 11.2. The molecule has 4 heteroatoms. The minimum Gasteiger partial charge on any atom is -0.477 e. The molecule has 3 aromatic rings. The van der Waals surface area contributed by atoms with E-state index in [1.54, 1.807) is 6.20 Å². The van der Waals surface area contributed by atoms with E-state index in [0.29, 0.717) is 5.56 Å². The van der Waals surface area contributed by atoms with Crippen LogP contribution in [0.5, 0.6) is 0 Å². The van der Waals surface area contributed by atoms with E-state index < -0.39 is 5.97 Å². The van der Waals surface area contributed by atoms with Crippen LogP contribution < -0.4 is 0 Å². The van der Waals surface area contributed by atoms with E-state index >= 15 is 0 Å². The number of nitrogens with one attached hydrogen (secondary N) is 1. The summed E-state index contributed by atoms with van der Waals surface area (Å²) < 4.78 is 0. The van der Waals surface area contributed by atoms with Gasteiger partial charge in [-0.3, -0.25) is 5.10 Å². The summed E-state index contributed by atoms with van der Waals surface area (Å²) in [4.78, 5) is 11.2. The molecule has 0 aliphatic carbocycles. The lowest BCUT2D eigenvalue weighted by Crippen LogP contribution is -1.99. The number of aromatic amines is 1. The second-order valence-corrected chi connectivity index (χ2v) is 4.38. The van der Waals surface area contributed by atoms with E-state index in [2.05, 4.69) is 10.2 Å². The van der Waals surface area contributed by atoms with Crippen LogP contribution in [0, 0.1) is 0 Å². The number of carbonyl (C=O) groups is 1. The SMILES string of the molecule is O=C(O)c1[nH]ncc1-c1ccccc1-c1ccccc1. The maximum atomic E-state index is 11.2. The standard InChI is InChI=1S/C16H12N2O2/c19-16(20)15-14(10-17-18-15)13-9-5-4-8-12(13)11-6-2-1-3-7-11/h1-10H,(H,17,18)(H,19,20). The highest BCUT2D eigenvalue weighted by atomic mass is 16.4. The zero-order chi connectivity index (χ0) is 13.9. The van der Waals surface area contributed by atoms with Crippen molar-refractivity contribution in [3.05, 3.63) is 66.5 Å². The fraction of sp³-hybridized carbons (Fsp3) is 0. The van der Waals surface area contributed by atoms with Crippen LogP contribution >= 0.6 is 0 Å². The first-order valence-electron chi connectivity index (χ1n) is 6.19. The zero-order valence-corrected chi connectivity index (χ0v) is 10.6. The highest BCUT2D eigenvalue weighted by Gasteiger charge is 2.16. The molecule has 98 valence electrons. The molecular weight excluding hydrogens is 252 g/mol. The minimum absolute atomic E-state index is 0.105. The van der Waals surface area contributed by atoms with Crippen molar-refractivity contribution < 1.29 is 9.90 Å². The van der Waals surface area contributed by atoms with Gasteiger partial charge in [0, 0.05) is 5.56 Å².